The van der Waals surface area contributed by atoms with Gasteiger partial charge < -0.3 is 5.32 Å². The molecule has 2 atom stereocenters. The van der Waals surface area contributed by atoms with E-state index in [1.165, 1.54) is 4.90 Å². The summed E-state index contributed by atoms with van der Waals surface area (Å²) in [6.07, 6.45) is 6.57. The average Bonchev–Trinajstić information content (AvgIpc) is 2.60. The summed E-state index contributed by atoms with van der Waals surface area (Å²) in [4.78, 5) is 25.6. The highest BCUT2D eigenvalue weighted by Gasteiger charge is 2.46. The number of allylic oxidation sites excluding steroid dienone is 2. The molecule has 1 N–H and O–H groups in total. The van der Waals surface area contributed by atoms with E-state index in [9.17, 15) is 9.59 Å². The molecule has 0 unspecified atom stereocenters. The van der Waals surface area contributed by atoms with Crippen molar-refractivity contribution in [3.05, 3.63) is 12.2 Å². The van der Waals surface area contributed by atoms with Gasteiger partial charge in [0.15, 0.2) is 0 Å². The first-order chi connectivity index (χ1) is 8.25. The van der Waals surface area contributed by atoms with E-state index in [0.29, 0.717) is 13.1 Å². The summed E-state index contributed by atoms with van der Waals surface area (Å²) in [6.45, 7) is 4.26. The van der Waals surface area contributed by atoms with Crippen molar-refractivity contribution in [1.29, 1.82) is 0 Å². The Morgan fingerprint density at radius 3 is 2.29 bits per heavy atom. The predicted molar refractivity (Wildman–Crippen MR) is 65.2 cm³/mol. The fourth-order valence-corrected chi connectivity index (χ4v) is 2.58. The first-order valence-electron chi connectivity index (χ1n) is 6.46. The first-order valence-corrected chi connectivity index (χ1v) is 6.46. The number of rotatable bonds is 5. The maximum Gasteiger partial charge on any atom is 0.233 e. The van der Waals surface area contributed by atoms with Crippen molar-refractivity contribution in [2.45, 2.75) is 26.2 Å². The van der Waals surface area contributed by atoms with Gasteiger partial charge in [0.2, 0.25) is 11.8 Å². The van der Waals surface area contributed by atoms with Crippen LogP contribution in [0.2, 0.25) is 0 Å². The van der Waals surface area contributed by atoms with Gasteiger partial charge in [-0.05, 0) is 25.8 Å². The Balaban J connectivity index is 1.91. The molecule has 2 amide bonds. The molecule has 17 heavy (non-hydrogen) atoms. The van der Waals surface area contributed by atoms with Gasteiger partial charge >= 0.3 is 0 Å². The van der Waals surface area contributed by atoms with Gasteiger partial charge in [-0.3, -0.25) is 14.5 Å². The quantitative estimate of drug-likeness (QED) is 0.439. The highest BCUT2D eigenvalue weighted by atomic mass is 16.2. The molecule has 0 aromatic rings. The number of carbonyl (C=O) groups is 2. The molecule has 1 aliphatic heterocycles. The number of amides is 2. The number of imide groups is 1. The lowest BCUT2D eigenvalue weighted by Crippen LogP contribution is -2.37. The van der Waals surface area contributed by atoms with Crippen LogP contribution in [0.5, 0.6) is 0 Å². The minimum atomic E-state index is -0.0846. The zero-order valence-corrected chi connectivity index (χ0v) is 10.3. The number of hydrogen-bond donors (Lipinski definition) is 1. The van der Waals surface area contributed by atoms with Crippen molar-refractivity contribution in [3.8, 4) is 0 Å². The second-order valence-electron chi connectivity index (χ2n) is 4.73. The fraction of sp³-hybridized carbons (Fsp3) is 0.692. The molecule has 0 saturated carbocycles. The van der Waals surface area contributed by atoms with Gasteiger partial charge in [0, 0.05) is 13.1 Å². The van der Waals surface area contributed by atoms with Gasteiger partial charge in [0.05, 0.1) is 11.8 Å². The zero-order valence-electron chi connectivity index (χ0n) is 10.3. The van der Waals surface area contributed by atoms with Gasteiger partial charge in [-0.2, -0.15) is 0 Å². The van der Waals surface area contributed by atoms with E-state index in [-0.39, 0.29) is 23.7 Å². The largest absolute Gasteiger partial charge is 0.315 e. The number of likely N-dealkylation sites (tertiary alicyclic amines) is 1. The Morgan fingerprint density at radius 2 is 1.76 bits per heavy atom. The summed E-state index contributed by atoms with van der Waals surface area (Å²) < 4.78 is 0. The van der Waals surface area contributed by atoms with Crippen molar-refractivity contribution in [1.82, 2.24) is 10.2 Å². The lowest BCUT2D eigenvalue weighted by molar-refractivity contribution is -0.139. The molecule has 1 aliphatic carbocycles. The number of nitrogens with one attached hydrogen (secondary N) is 1. The van der Waals surface area contributed by atoms with E-state index < -0.39 is 0 Å². The van der Waals surface area contributed by atoms with Crippen LogP contribution >= 0.6 is 0 Å². The first kappa shape index (κ1) is 12.3. The van der Waals surface area contributed by atoms with Gasteiger partial charge in [-0.1, -0.05) is 19.1 Å². The monoisotopic (exact) mass is 236 g/mol. The molecule has 0 radical (unpaired) electrons. The summed E-state index contributed by atoms with van der Waals surface area (Å²) in [5, 5.41) is 3.22. The average molecular weight is 236 g/mol. The molecule has 0 bridgehead atoms. The topological polar surface area (TPSA) is 49.4 Å². The van der Waals surface area contributed by atoms with Crippen LogP contribution in [0.15, 0.2) is 12.2 Å². The normalized spacial score (nSPS) is 27.7. The van der Waals surface area contributed by atoms with Gasteiger partial charge in [-0.15, -0.1) is 0 Å². The molecular weight excluding hydrogens is 216 g/mol. The molecule has 0 aromatic carbocycles. The maximum absolute atomic E-state index is 12.1. The van der Waals surface area contributed by atoms with Crippen LogP contribution in [-0.2, 0) is 9.59 Å². The molecule has 2 rings (SSSR count). The molecule has 1 heterocycles. The molecular formula is C13H20N2O2. The van der Waals surface area contributed by atoms with Crippen LogP contribution in [0.25, 0.3) is 0 Å². The molecule has 0 aromatic heterocycles. The van der Waals surface area contributed by atoms with Crippen LogP contribution in [0.4, 0.5) is 0 Å². The number of nitrogens with zero attached hydrogens (tertiary/aromatic N) is 1. The lowest BCUT2D eigenvalue weighted by Gasteiger charge is -2.14. The summed E-state index contributed by atoms with van der Waals surface area (Å²) in [6, 6.07) is 0. The third kappa shape index (κ3) is 2.41. The van der Waals surface area contributed by atoms with Crippen molar-refractivity contribution in [2.24, 2.45) is 11.8 Å². The zero-order chi connectivity index (χ0) is 12.3. The van der Waals surface area contributed by atoms with E-state index in [1.807, 2.05) is 12.2 Å². The van der Waals surface area contributed by atoms with Crippen molar-refractivity contribution in [2.75, 3.05) is 19.6 Å². The molecule has 4 nitrogen and oxygen atoms in total. The van der Waals surface area contributed by atoms with Crippen LogP contribution in [0.1, 0.15) is 26.2 Å². The lowest BCUT2D eigenvalue weighted by atomic mass is 9.85. The summed E-state index contributed by atoms with van der Waals surface area (Å²) in [7, 11) is 0. The predicted octanol–water partition coefficient (Wildman–Crippen LogP) is 0.937. The summed E-state index contributed by atoms with van der Waals surface area (Å²) >= 11 is 0. The van der Waals surface area contributed by atoms with E-state index in [1.54, 1.807) is 0 Å². The minimum Gasteiger partial charge on any atom is -0.315 e. The third-order valence-electron chi connectivity index (χ3n) is 3.54. The Kier molecular flexibility index (Phi) is 3.94. The van der Waals surface area contributed by atoms with Gasteiger partial charge in [-0.25, -0.2) is 0 Å². The van der Waals surface area contributed by atoms with E-state index >= 15 is 0 Å². The summed E-state index contributed by atoms with van der Waals surface area (Å²) in [5.74, 6) is -0.109. The second-order valence-corrected chi connectivity index (χ2v) is 4.73. The second kappa shape index (κ2) is 5.45. The van der Waals surface area contributed by atoms with E-state index in [2.05, 4.69) is 12.2 Å². The standard InChI is InChI=1S/C13H20N2O2/c1-2-7-14-8-9-15-12(16)10-5-3-4-6-11(10)13(15)17/h3-4,10-11,14H,2,5-9H2,1H3/t10-,11+. The molecule has 4 heteroatoms. The Labute approximate surface area is 102 Å². The Bertz CT molecular complexity index is 312. The van der Waals surface area contributed by atoms with Gasteiger partial charge in [0.25, 0.3) is 0 Å². The third-order valence-corrected chi connectivity index (χ3v) is 3.54. The van der Waals surface area contributed by atoms with E-state index in [0.717, 1.165) is 25.8 Å². The highest BCUT2D eigenvalue weighted by Crippen LogP contribution is 2.34. The summed E-state index contributed by atoms with van der Waals surface area (Å²) in [5.41, 5.74) is 0. The van der Waals surface area contributed by atoms with Crippen LogP contribution in [0.3, 0.4) is 0 Å². The molecule has 1 fully saturated rings. The molecule has 0 spiro atoms. The van der Waals surface area contributed by atoms with Crippen molar-refractivity contribution < 1.29 is 9.59 Å². The highest BCUT2D eigenvalue weighted by molar-refractivity contribution is 6.05. The molecule has 94 valence electrons. The fourth-order valence-electron chi connectivity index (χ4n) is 2.58. The van der Waals surface area contributed by atoms with Crippen LogP contribution in [0, 0.1) is 11.8 Å². The van der Waals surface area contributed by atoms with Gasteiger partial charge in [0.1, 0.15) is 0 Å². The number of hydrogen-bond acceptors (Lipinski definition) is 3. The van der Waals surface area contributed by atoms with E-state index in [4.69, 9.17) is 0 Å². The van der Waals surface area contributed by atoms with Crippen LogP contribution < -0.4 is 5.32 Å². The smallest absolute Gasteiger partial charge is 0.233 e. The molecule has 1 saturated heterocycles. The van der Waals surface area contributed by atoms with Crippen LogP contribution in [-0.4, -0.2) is 36.3 Å². The number of fused-ring (bicyclic) bond motifs is 1. The van der Waals surface area contributed by atoms with Crippen molar-refractivity contribution in [3.63, 3.8) is 0 Å². The van der Waals surface area contributed by atoms with Crippen molar-refractivity contribution >= 4 is 11.8 Å². The number of carbonyl (C=O) groups excluding carboxylic acids is 2. The Morgan fingerprint density at radius 1 is 1.18 bits per heavy atom. The minimum absolute atomic E-state index is 0.0302. The Hall–Kier alpha value is -1.16. The molecule has 2 aliphatic rings. The maximum atomic E-state index is 12.1. The SMILES string of the molecule is CCCNCCN1C(=O)[C@H]2CC=CC[C@H]2C1=O.